The van der Waals surface area contributed by atoms with E-state index < -0.39 is 0 Å². The van der Waals surface area contributed by atoms with Gasteiger partial charge in [-0.05, 0) is 55.2 Å². The van der Waals surface area contributed by atoms with Gasteiger partial charge in [0.2, 0.25) is 0 Å². The molecule has 2 nitrogen and oxygen atoms in total. The highest BCUT2D eigenvalue weighted by molar-refractivity contribution is 5.49. The fraction of sp³-hybridized carbons (Fsp3) is 0.588. The third-order valence-corrected chi connectivity index (χ3v) is 4.31. The molecule has 2 heteroatoms. The van der Waals surface area contributed by atoms with E-state index in [1.807, 2.05) is 18.2 Å². The van der Waals surface area contributed by atoms with Gasteiger partial charge in [-0.1, -0.05) is 26.8 Å². The van der Waals surface area contributed by atoms with Crippen LogP contribution in [0.15, 0.2) is 24.3 Å². The minimum Gasteiger partial charge on any atom is -0.382 e. The number of hydrogen-bond acceptors (Lipinski definition) is 2. The van der Waals surface area contributed by atoms with Gasteiger partial charge in [0.05, 0.1) is 11.6 Å². The molecule has 1 aromatic rings. The van der Waals surface area contributed by atoms with E-state index in [1.54, 1.807) is 0 Å². The maximum absolute atomic E-state index is 8.91. The molecular weight excluding hydrogens is 232 g/mol. The minimum atomic E-state index is 0.436. The number of nitriles is 1. The van der Waals surface area contributed by atoms with Crippen LogP contribution in [-0.2, 0) is 0 Å². The monoisotopic (exact) mass is 256 g/mol. The standard InChI is InChI=1S/C17H24N2/c1-17(2,3)14-7-9-15(10-8-14)19-16-6-4-5-13(11-16)12-18/h4-6,11,14-15,19H,7-10H2,1-3H3. The SMILES string of the molecule is CC(C)(C)C1CCC(Nc2cccc(C#N)c2)CC1. The first-order chi connectivity index (χ1) is 8.99. The van der Waals surface area contributed by atoms with Gasteiger partial charge in [0.15, 0.2) is 0 Å². The normalized spacial score (nSPS) is 23.7. The Kier molecular flexibility index (Phi) is 4.14. The number of benzene rings is 1. The van der Waals surface area contributed by atoms with E-state index in [9.17, 15) is 0 Å². The van der Waals surface area contributed by atoms with Crippen LogP contribution in [0.25, 0.3) is 0 Å². The van der Waals surface area contributed by atoms with Crippen LogP contribution in [0, 0.1) is 22.7 Å². The van der Waals surface area contributed by atoms with Gasteiger partial charge in [-0.3, -0.25) is 0 Å². The molecule has 0 saturated heterocycles. The van der Waals surface area contributed by atoms with Crippen LogP contribution < -0.4 is 5.32 Å². The third-order valence-electron chi connectivity index (χ3n) is 4.31. The summed E-state index contributed by atoms with van der Waals surface area (Å²) in [4.78, 5) is 0. The second-order valence-electron chi connectivity index (χ2n) is 6.75. The van der Waals surface area contributed by atoms with Crippen molar-refractivity contribution in [1.29, 1.82) is 5.26 Å². The summed E-state index contributed by atoms with van der Waals surface area (Å²) in [5.41, 5.74) is 2.25. The first-order valence-corrected chi connectivity index (χ1v) is 7.26. The quantitative estimate of drug-likeness (QED) is 0.841. The molecule has 1 N–H and O–H groups in total. The minimum absolute atomic E-state index is 0.436. The van der Waals surface area contributed by atoms with E-state index in [2.05, 4.69) is 38.2 Å². The van der Waals surface area contributed by atoms with Crippen molar-refractivity contribution in [1.82, 2.24) is 0 Å². The highest BCUT2D eigenvalue weighted by atomic mass is 14.9. The van der Waals surface area contributed by atoms with Crippen LogP contribution in [0.1, 0.15) is 52.0 Å². The van der Waals surface area contributed by atoms with Crippen LogP contribution in [0.2, 0.25) is 0 Å². The molecule has 0 radical (unpaired) electrons. The summed E-state index contributed by atoms with van der Waals surface area (Å²) in [5.74, 6) is 0.844. The third kappa shape index (κ3) is 3.73. The maximum atomic E-state index is 8.91. The average molecular weight is 256 g/mol. The zero-order valence-corrected chi connectivity index (χ0v) is 12.2. The molecule has 0 amide bonds. The molecule has 0 aliphatic heterocycles. The van der Waals surface area contributed by atoms with E-state index in [4.69, 9.17) is 5.26 Å². The first kappa shape index (κ1) is 13.9. The largest absolute Gasteiger partial charge is 0.382 e. The number of nitrogens with one attached hydrogen (secondary N) is 1. The number of nitrogens with zero attached hydrogens (tertiary/aromatic N) is 1. The first-order valence-electron chi connectivity index (χ1n) is 7.26. The highest BCUT2D eigenvalue weighted by Gasteiger charge is 2.29. The molecule has 0 aromatic heterocycles. The van der Waals surface area contributed by atoms with Gasteiger partial charge >= 0.3 is 0 Å². The lowest BCUT2D eigenvalue weighted by Crippen LogP contribution is -2.31. The molecule has 1 aliphatic carbocycles. The molecule has 1 saturated carbocycles. The Balaban J connectivity index is 1.91. The molecule has 102 valence electrons. The number of anilines is 1. The Labute approximate surface area is 116 Å². The predicted octanol–water partition coefficient (Wildman–Crippen LogP) is 4.58. The molecule has 1 aromatic carbocycles. The van der Waals surface area contributed by atoms with E-state index >= 15 is 0 Å². The number of rotatable bonds is 2. The van der Waals surface area contributed by atoms with E-state index in [0.717, 1.165) is 17.2 Å². The van der Waals surface area contributed by atoms with Crippen molar-refractivity contribution in [2.75, 3.05) is 5.32 Å². The lowest BCUT2D eigenvalue weighted by atomic mass is 9.71. The van der Waals surface area contributed by atoms with Gasteiger partial charge in [-0.2, -0.15) is 5.26 Å². The van der Waals surface area contributed by atoms with E-state index in [-0.39, 0.29) is 0 Å². The smallest absolute Gasteiger partial charge is 0.0992 e. The Morgan fingerprint density at radius 3 is 2.42 bits per heavy atom. The Morgan fingerprint density at radius 2 is 1.84 bits per heavy atom. The Bertz CT molecular complexity index is 457. The molecular formula is C17H24N2. The van der Waals surface area contributed by atoms with Crippen LogP contribution in [-0.4, -0.2) is 6.04 Å². The van der Waals surface area contributed by atoms with Crippen LogP contribution in [0.4, 0.5) is 5.69 Å². The van der Waals surface area contributed by atoms with Crippen molar-refractivity contribution < 1.29 is 0 Å². The predicted molar refractivity (Wildman–Crippen MR) is 80.0 cm³/mol. The fourth-order valence-electron chi connectivity index (χ4n) is 3.02. The molecule has 0 heterocycles. The van der Waals surface area contributed by atoms with Crippen molar-refractivity contribution in [2.24, 2.45) is 11.3 Å². The van der Waals surface area contributed by atoms with E-state index in [0.29, 0.717) is 11.5 Å². The lowest BCUT2D eigenvalue weighted by Gasteiger charge is -2.37. The summed E-state index contributed by atoms with van der Waals surface area (Å²) in [7, 11) is 0. The topological polar surface area (TPSA) is 35.8 Å². The molecule has 0 bridgehead atoms. The molecule has 19 heavy (non-hydrogen) atoms. The summed E-state index contributed by atoms with van der Waals surface area (Å²) >= 11 is 0. The van der Waals surface area contributed by atoms with Gasteiger partial charge in [-0.25, -0.2) is 0 Å². The molecule has 1 aliphatic rings. The van der Waals surface area contributed by atoms with Gasteiger partial charge in [0.1, 0.15) is 0 Å². The Morgan fingerprint density at radius 1 is 1.16 bits per heavy atom. The summed E-state index contributed by atoms with van der Waals surface area (Å²) < 4.78 is 0. The molecule has 0 unspecified atom stereocenters. The fourth-order valence-corrected chi connectivity index (χ4v) is 3.02. The van der Waals surface area contributed by atoms with Crippen molar-refractivity contribution in [3.8, 4) is 6.07 Å². The van der Waals surface area contributed by atoms with Crippen LogP contribution >= 0.6 is 0 Å². The van der Waals surface area contributed by atoms with Gasteiger partial charge in [0.25, 0.3) is 0 Å². The number of hydrogen-bond donors (Lipinski definition) is 1. The Hall–Kier alpha value is -1.49. The second-order valence-corrected chi connectivity index (χ2v) is 6.75. The van der Waals surface area contributed by atoms with Gasteiger partial charge in [-0.15, -0.1) is 0 Å². The van der Waals surface area contributed by atoms with Crippen molar-refractivity contribution in [3.05, 3.63) is 29.8 Å². The van der Waals surface area contributed by atoms with Crippen molar-refractivity contribution in [2.45, 2.75) is 52.5 Å². The maximum Gasteiger partial charge on any atom is 0.0992 e. The molecule has 1 fully saturated rings. The second kappa shape index (κ2) is 5.65. The average Bonchev–Trinajstić information content (AvgIpc) is 2.38. The summed E-state index contributed by atoms with van der Waals surface area (Å²) in [5, 5.41) is 12.5. The van der Waals surface area contributed by atoms with Gasteiger partial charge < -0.3 is 5.32 Å². The molecule has 0 spiro atoms. The summed E-state index contributed by atoms with van der Waals surface area (Å²) in [6.07, 6.45) is 5.08. The lowest BCUT2D eigenvalue weighted by molar-refractivity contribution is 0.173. The van der Waals surface area contributed by atoms with Crippen molar-refractivity contribution >= 4 is 5.69 Å². The highest BCUT2D eigenvalue weighted by Crippen LogP contribution is 2.38. The molecule has 2 rings (SSSR count). The van der Waals surface area contributed by atoms with Crippen LogP contribution in [0.5, 0.6) is 0 Å². The zero-order valence-electron chi connectivity index (χ0n) is 12.2. The molecule has 0 atom stereocenters. The van der Waals surface area contributed by atoms with Crippen LogP contribution in [0.3, 0.4) is 0 Å². The summed E-state index contributed by atoms with van der Waals surface area (Å²) in [6.45, 7) is 7.05. The van der Waals surface area contributed by atoms with E-state index in [1.165, 1.54) is 25.7 Å². The summed E-state index contributed by atoms with van der Waals surface area (Å²) in [6, 6.07) is 10.5. The van der Waals surface area contributed by atoms with Gasteiger partial charge in [0, 0.05) is 11.7 Å². The van der Waals surface area contributed by atoms with Crippen molar-refractivity contribution in [3.63, 3.8) is 0 Å². The zero-order chi connectivity index (χ0) is 13.9.